The molecular formula is C14H29N3. The van der Waals surface area contributed by atoms with Gasteiger partial charge in [-0.25, -0.2) is 10.4 Å². The Kier molecular flexibility index (Phi) is 4.11. The SMILES string of the molecule is CC1(C)CCCCC1(CN)NN1CCCCC1. The van der Waals surface area contributed by atoms with Crippen molar-refractivity contribution in [2.24, 2.45) is 11.1 Å². The second kappa shape index (κ2) is 5.25. The first-order valence-corrected chi connectivity index (χ1v) is 7.32. The molecule has 3 N–H and O–H groups in total. The molecule has 1 heterocycles. The Bertz CT molecular complexity index is 246. The van der Waals surface area contributed by atoms with E-state index in [1.165, 1.54) is 58.0 Å². The Morgan fingerprint density at radius 1 is 1.00 bits per heavy atom. The van der Waals surface area contributed by atoms with E-state index in [0.29, 0.717) is 5.41 Å². The van der Waals surface area contributed by atoms with E-state index in [2.05, 4.69) is 24.3 Å². The first-order valence-electron chi connectivity index (χ1n) is 7.32. The third-order valence-corrected chi connectivity index (χ3v) is 5.03. The molecule has 1 saturated carbocycles. The summed E-state index contributed by atoms with van der Waals surface area (Å²) in [5.74, 6) is 0. The molecule has 0 bridgehead atoms. The summed E-state index contributed by atoms with van der Waals surface area (Å²) in [6.45, 7) is 7.91. The molecule has 100 valence electrons. The molecule has 1 aliphatic heterocycles. The molecule has 3 nitrogen and oxygen atoms in total. The normalized spacial score (nSPS) is 34.8. The maximum Gasteiger partial charge on any atom is 0.0498 e. The Morgan fingerprint density at radius 2 is 1.65 bits per heavy atom. The summed E-state index contributed by atoms with van der Waals surface area (Å²) >= 11 is 0. The number of hydrazine groups is 1. The molecule has 0 aromatic rings. The highest BCUT2D eigenvalue weighted by molar-refractivity contribution is 5.03. The van der Waals surface area contributed by atoms with Crippen LogP contribution < -0.4 is 11.2 Å². The molecular weight excluding hydrogens is 210 g/mol. The van der Waals surface area contributed by atoms with Gasteiger partial charge >= 0.3 is 0 Å². The number of rotatable bonds is 3. The highest BCUT2D eigenvalue weighted by atomic mass is 15.5. The van der Waals surface area contributed by atoms with Gasteiger partial charge < -0.3 is 5.73 Å². The van der Waals surface area contributed by atoms with Crippen molar-refractivity contribution < 1.29 is 0 Å². The Labute approximate surface area is 106 Å². The van der Waals surface area contributed by atoms with Crippen molar-refractivity contribution in [2.75, 3.05) is 19.6 Å². The van der Waals surface area contributed by atoms with E-state index in [-0.39, 0.29) is 5.54 Å². The summed E-state index contributed by atoms with van der Waals surface area (Å²) in [5.41, 5.74) is 10.4. The average Bonchev–Trinajstić information content (AvgIpc) is 2.33. The standard InChI is InChI=1S/C14H29N3/c1-13(2)8-4-5-9-14(13,12-15)16-17-10-6-3-7-11-17/h16H,3-12,15H2,1-2H3. The molecule has 1 saturated heterocycles. The van der Waals surface area contributed by atoms with Crippen LogP contribution in [0.2, 0.25) is 0 Å². The van der Waals surface area contributed by atoms with Crippen molar-refractivity contribution in [3.05, 3.63) is 0 Å². The van der Waals surface area contributed by atoms with E-state index >= 15 is 0 Å². The number of hydrogen-bond donors (Lipinski definition) is 2. The van der Waals surface area contributed by atoms with Crippen LogP contribution in [0.15, 0.2) is 0 Å². The fourth-order valence-corrected chi connectivity index (χ4v) is 3.51. The van der Waals surface area contributed by atoms with E-state index in [1.807, 2.05) is 0 Å². The molecule has 2 fully saturated rings. The van der Waals surface area contributed by atoms with Crippen LogP contribution in [0.4, 0.5) is 0 Å². The number of nitrogens with two attached hydrogens (primary N) is 1. The van der Waals surface area contributed by atoms with Crippen LogP contribution in [-0.2, 0) is 0 Å². The maximum atomic E-state index is 6.14. The summed E-state index contributed by atoms with van der Waals surface area (Å²) in [6.07, 6.45) is 9.25. The highest BCUT2D eigenvalue weighted by Crippen LogP contribution is 2.43. The lowest BCUT2D eigenvalue weighted by Crippen LogP contribution is -2.67. The molecule has 0 aromatic heterocycles. The average molecular weight is 239 g/mol. The fourth-order valence-electron chi connectivity index (χ4n) is 3.51. The monoisotopic (exact) mass is 239 g/mol. The molecule has 2 rings (SSSR count). The predicted octanol–water partition coefficient (Wildman–Crippen LogP) is 2.27. The van der Waals surface area contributed by atoms with Crippen LogP contribution in [0.1, 0.15) is 58.8 Å². The van der Waals surface area contributed by atoms with Crippen LogP contribution in [0.5, 0.6) is 0 Å². The molecule has 0 amide bonds. The summed E-state index contributed by atoms with van der Waals surface area (Å²) in [6, 6.07) is 0. The predicted molar refractivity (Wildman–Crippen MR) is 72.6 cm³/mol. The van der Waals surface area contributed by atoms with E-state index in [4.69, 9.17) is 5.73 Å². The van der Waals surface area contributed by atoms with Crippen LogP contribution in [-0.4, -0.2) is 30.2 Å². The van der Waals surface area contributed by atoms with E-state index in [1.54, 1.807) is 0 Å². The largest absolute Gasteiger partial charge is 0.329 e. The zero-order valence-corrected chi connectivity index (χ0v) is 11.6. The molecule has 0 aromatic carbocycles. The number of nitrogens with one attached hydrogen (secondary N) is 1. The van der Waals surface area contributed by atoms with E-state index < -0.39 is 0 Å². The minimum atomic E-state index is 0.128. The molecule has 1 aliphatic carbocycles. The lowest BCUT2D eigenvalue weighted by molar-refractivity contribution is -0.0148. The summed E-state index contributed by atoms with van der Waals surface area (Å²) in [7, 11) is 0. The first kappa shape index (κ1) is 13.3. The van der Waals surface area contributed by atoms with Gasteiger partial charge in [0.1, 0.15) is 0 Å². The number of nitrogens with zero attached hydrogens (tertiary/aromatic N) is 1. The van der Waals surface area contributed by atoms with Gasteiger partial charge in [-0.05, 0) is 31.1 Å². The third kappa shape index (κ3) is 2.67. The lowest BCUT2D eigenvalue weighted by atomic mass is 9.63. The smallest absolute Gasteiger partial charge is 0.0498 e. The van der Waals surface area contributed by atoms with Gasteiger partial charge in [0.15, 0.2) is 0 Å². The number of piperidine rings is 1. The maximum absolute atomic E-state index is 6.14. The van der Waals surface area contributed by atoms with Gasteiger partial charge in [-0.3, -0.25) is 0 Å². The van der Waals surface area contributed by atoms with Gasteiger partial charge in [0.05, 0.1) is 0 Å². The van der Waals surface area contributed by atoms with Gasteiger partial charge in [-0.1, -0.05) is 33.1 Å². The third-order valence-electron chi connectivity index (χ3n) is 5.03. The van der Waals surface area contributed by atoms with Gasteiger partial charge in [0.25, 0.3) is 0 Å². The summed E-state index contributed by atoms with van der Waals surface area (Å²) in [4.78, 5) is 0. The van der Waals surface area contributed by atoms with Gasteiger partial charge in [-0.15, -0.1) is 0 Å². The van der Waals surface area contributed by atoms with Crippen molar-refractivity contribution in [3.63, 3.8) is 0 Å². The zero-order valence-electron chi connectivity index (χ0n) is 11.6. The summed E-state index contributed by atoms with van der Waals surface area (Å²) in [5, 5.41) is 2.43. The Balaban J connectivity index is 2.06. The van der Waals surface area contributed by atoms with Crippen molar-refractivity contribution in [3.8, 4) is 0 Å². The van der Waals surface area contributed by atoms with Crippen LogP contribution in [0.25, 0.3) is 0 Å². The van der Waals surface area contributed by atoms with Gasteiger partial charge in [0.2, 0.25) is 0 Å². The molecule has 0 radical (unpaired) electrons. The van der Waals surface area contributed by atoms with Gasteiger partial charge in [-0.2, -0.15) is 0 Å². The molecule has 3 heteroatoms. The molecule has 1 unspecified atom stereocenters. The minimum Gasteiger partial charge on any atom is -0.329 e. The topological polar surface area (TPSA) is 41.3 Å². The zero-order chi connectivity index (χ0) is 12.4. The summed E-state index contributed by atoms with van der Waals surface area (Å²) < 4.78 is 0. The molecule has 2 aliphatic rings. The molecule has 17 heavy (non-hydrogen) atoms. The van der Waals surface area contributed by atoms with Crippen LogP contribution >= 0.6 is 0 Å². The fraction of sp³-hybridized carbons (Fsp3) is 1.00. The van der Waals surface area contributed by atoms with Crippen LogP contribution in [0.3, 0.4) is 0 Å². The second-order valence-electron chi connectivity index (χ2n) is 6.54. The van der Waals surface area contributed by atoms with Crippen molar-refractivity contribution >= 4 is 0 Å². The quantitative estimate of drug-likeness (QED) is 0.794. The van der Waals surface area contributed by atoms with E-state index in [9.17, 15) is 0 Å². The first-order chi connectivity index (χ1) is 8.10. The highest BCUT2D eigenvalue weighted by Gasteiger charge is 2.46. The van der Waals surface area contributed by atoms with Crippen molar-refractivity contribution in [1.29, 1.82) is 0 Å². The molecule has 0 spiro atoms. The van der Waals surface area contributed by atoms with Crippen molar-refractivity contribution in [2.45, 2.75) is 64.3 Å². The minimum absolute atomic E-state index is 0.128. The van der Waals surface area contributed by atoms with E-state index in [0.717, 1.165) is 6.54 Å². The Hall–Kier alpha value is -0.120. The molecule has 1 atom stereocenters. The van der Waals surface area contributed by atoms with Crippen LogP contribution in [0, 0.1) is 5.41 Å². The lowest BCUT2D eigenvalue weighted by Gasteiger charge is -2.53. The Morgan fingerprint density at radius 3 is 2.24 bits per heavy atom. The van der Waals surface area contributed by atoms with Gasteiger partial charge in [0, 0.05) is 25.2 Å². The van der Waals surface area contributed by atoms with Crippen molar-refractivity contribution in [1.82, 2.24) is 10.4 Å². The second-order valence-corrected chi connectivity index (χ2v) is 6.54. The number of hydrogen-bond acceptors (Lipinski definition) is 3.